The average Bonchev–Trinajstić information content (AvgIpc) is 2.55. The summed E-state index contributed by atoms with van der Waals surface area (Å²) in [5, 5.41) is 0. The van der Waals surface area contributed by atoms with Crippen LogP contribution in [0.2, 0.25) is 0 Å². The summed E-state index contributed by atoms with van der Waals surface area (Å²) in [5.41, 5.74) is -0.0357. The molecule has 82 valence electrons. The fourth-order valence-electron chi connectivity index (χ4n) is 1.69. The monoisotopic (exact) mass is 235 g/mol. The molecule has 1 aliphatic heterocycles. The van der Waals surface area contributed by atoms with Crippen LogP contribution < -0.4 is 0 Å². The highest BCUT2D eigenvalue weighted by Gasteiger charge is 2.38. The highest BCUT2D eigenvalue weighted by molar-refractivity contribution is 7.98. The van der Waals surface area contributed by atoms with Gasteiger partial charge >= 0.3 is 6.18 Å². The van der Waals surface area contributed by atoms with E-state index in [-0.39, 0.29) is 5.56 Å². The maximum atomic E-state index is 12.5. The van der Waals surface area contributed by atoms with Gasteiger partial charge in [0.05, 0.1) is 0 Å². The molecule has 0 amide bonds. The Kier molecular flexibility index (Phi) is 2.54. The SMILES string of the molecule is O=Cc1c(C(F)(F)F)[nH]c2c1CSCC2. The molecule has 0 fully saturated rings. The summed E-state index contributed by atoms with van der Waals surface area (Å²) in [7, 11) is 0. The van der Waals surface area contributed by atoms with Gasteiger partial charge in [0.1, 0.15) is 5.69 Å². The van der Waals surface area contributed by atoms with E-state index >= 15 is 0 Å². The number of thioether (sulfide) groups is 1. The molecule has 0 aromatic carbocycles. The number of aldehydes is 1. The molecule has 0 bridgehead atoms. The number of alkyl halides is 3. The van der Waals surface area contributed by atoms with Gasteiger partial charge in [0.25, 0.3) is 0 Å². The molecular formula is C9H8F3NOS. The zero-order valence-electron chi connectivity index (χ0n) is 7.65. The number of hydrogen-bond acceptors (Lipinski definition) is 2. The summed E-state index contributed by atoms with van der Waals surface area (Å²) in [6.45, 7) is 0. The fourth-order valence-corrected chi connectivity index (χ4v) is 2.71. The van der Waals surface area contributed by atoms with Gasteiger partial charge in [0.15, 0.2) is 6.29 Å². The lowest BCUT2D eigenvalue weighted by Crippen LogP contribution is -2.08. The number of halogens is 3. The van der Waals surface area contributed by atoms with Gasteiger partial charge in [0, 0.05) is 17.0 Å². The molecule has 1 aromatic heterocycles. The lowest BCUT2D eigenvalue weighted by molar-refractivity contribution is -0.141. The first-order chi connectivity index (χ1) is 7.04. The van der Waals surface area contributed by atoms with E-state index in [1.165, 1.54) is 0 Å². The standard InChI is InChI=1S/C9H8F3NOS/c10-9(11,12)8-5(3-14)6-4-15-2-1-7(6)13-8/h3,13H,1-2,4H2. The van der Waals surface area contributed by atoms with E-state index in [2.05, 4.69) is 4.98 Å². The first-order valence-electron chi connectivity index (χ1n) is 4.38. The van der Waals surface area contributed by atoms with Gasteiger partial charge in [-0.3, -0.25) is 4.79 Å². The van der Waals surface area contributed by atoms with E-state index in [4.69, 9.17) is 0 Å². The molecular weight excluding hydrogens is 227 g/mol. The molecule has 6 heteroatoms. The normalized spacial score (nSPS) is 16.2. The summed E-state index contributed by atoms with van der Waals surface area (Å²) in [4.78, 5) is 13.0. The van der Waals surface area contributed by atoms with Crippen molar-refractivity contribution in [1.82, 2.24) is 4.98 Å². The van der Waals surface area contributed by atoms with Gasteiger partial charge in [-0.1, -0.05) is 0 Å². The molecule has 0 radical (unpaired) electrons. The second kappa shape index (κ2) is 3.59. The lowest BCUT2D eigenvalue weighted by Gasteiger charge is -2.10. The quantitative estimate of drug-likeness (QED) is 0.759. The summed E-state index contributed by atoms with van der Waals surface area (Å²) in [6.07, 6.45) is -3.61. The van der Waals surface area contributed by atoms with Crippen LogP contribution in [0.4, 0.5) is 13.2 Å². The third-order valence-corrected chi connectivity index (χ3v) is 3.36. The number of aryl methyl sites for hydroxylation is 1. The van der Waals surface area contributed by atoms with Crippen LogP contribution in [0.1, 0.15) is 27.3 Å². The second-order valence-corrected chi connectivity index (χ2v) is 4.39. The van der Waals surface area contributed by atoms with Crippen molar-refractivity contribution in [2.45, 2.75) is 18.3 Å². The van der Waals surface area contributed by atoms with Crippen LogP contribution in [-0.4, -0.2) is 17.0 Å². The second-order valence-electron chi connectivity index (χ2n) is 3.29. The summed E-state index contributed by atoms with van der Waals surface area (Å²) in [6, 6.07) is 0. The number of aromatic nitrogens is 1. The smallest absolute Gasteiger partial charge is 0.354 e. The van der Waals surface area contributed by atoms with E-state index in [1.54, 1.807) is 11.8 Å². The van der Waals surface area contributed by atoms with E-state index in [9.17, 15) is 18.0 Å². The molecule has 1 aromatic rings. The predicted octanol–water partition coefficient (Wildman–Crippen LogP) is 2.64. The largest absolute Gasteiger partial charge is 0.431 e. The van der Waals surface area contributed by atoms with Crippen molar-refractivity contribution in [3.05, 3.63) is 22.5 Å². The molecule has 2 nitrogen and oxygen atoms in total. The van der Waals surface area contributed by atoms with Crippen LogP contribution in [-0.2, 0) is 18.3 Å². The van der Waals surface area contributed by atoms with Crippen molar-refractivity contribution in [3.8, 4) is 0 Å². The Bertz CT molecular complexity index is 397. The van der Waals surface area contributed by atoms with E-state index in [0.29, 0.717) is 29.7 Å². The molecule has 2 rings (SSSR count). The molecule has 0 aliphatic carbocycles. The van der Waals surface area contributed by atoms with Gasteiger partial charge in [0.2, 0.25) is 0 Å². The Morgan fingerprint density at radius 2 is 2.13 bits per heavy atom. The molecule has 0 atom stereocenters. The number of aromatic amines is 1. The van der Waals surface area contributed by atoms with Gasteiger partial charge < -0.3 is 4.98 Å². The minimum atomic E-state index is -4.47. The minimum Gasteiger partial charge on any atom is -0.354 e. The molecule has 1 aliphatic rings. The molecule has 1 N–H and O–H groups in total. The average molecular weight is 235 g/mol. The van der Waals surface area contributed by atoms with Gasteiger partial charge in [-0.25, -0.2) is 0 Å². The number of hydrogen-bond donors (Lipinski definition) is 1. The fraction of sp³-hybridized carbons (Fsp3) is 0.444. The van der Waals surface area contributed by atoms with Crippen molar-refractivity contribution in [2.24, 2.45) is 0 Å². The minimum absolute atomic E-state index is 0.218. The van der Waals surface area contributed by atoms with E-state index in [0.717, 1.165) is 5.75 Å². The third kappa shape index (κ3) is 1.78. The summed E-state index contributed by atoms with van der Waals surface area (Å²) >= 11 is 1.54. The molecule has 0 unspecified atom stereocenters. The zero-order chi connectivity index (χ0) is 11.1. The van der Waals surface area contributed by atoms with Crippen LogP contribution in [0.25, 0.3) is 0 Å². The number of rotatable bonds is 1. The van der Waals surface area contributed by atoms with Crippen LogP contribution in [0, 0.1) is 0 Å². The summed E-state index contributed by atoms with van der Waals surface area (Å²) in [5.74, 6) is 1.28. The molecule has 2 heterocycles. The number of carbonyl (C=O) groups is 1. The molecule has 0 saturated carbocycles. The number of nitrogens with one attached hydrogen (secondary N) is 1. The predicted molar refractivity (Wildman–Crippen MR) is 51.0 cm³/mol. The molecule has 0 spiro atoms. The Morgan fingerprint density at radius 3 is 2.73 bits per heavy atom. The zero-order valence-corrected chi connectivity index (χ0v) is 8.47. The highest BCUT2D eigenvalue weighted by atomic mass is 32.2. The van der Waals surface area contributed by atoms with Crippen molar-refractivity contribution in [3.63, 3.8) is 0 Å². The lowest BCUT2D eigenvalue weighted by atomic mass is 10.1. The van der Waals surface area contributed by atoms with Gasteiger partial charge in [-0.05, 0) is 17.7 Å². The van der Waals surface area contributed by atoms with Crippen molar-refractivity contribution >= 4 is 18.0 Å². The van der Waals surface area contributed by atoms with Crippen LogP contribution in [0.5, 0.6) is 0 Å². The Morgan fingerprint density at radius 1 is 1.40 bits per heavy atom. The van der Waals surface area contributed by atoms with Crippen LogP contribution in [0.15, 0.2) is 0 Å². The highest BCUT2D eigenvalue weighted by Crippen LogP contribution is 2.36. The number of fused-ring (bicyclic) bond motifs is 1. The van der Waals surface area contributed by atoms with Gasteiger partial charge in [-0.15, -0.1) is 0 Å². The Labute approximate surface area is 88.2 Å². The molecule has 0 saturated heterocycles. The topological polar surface area (TPSA) is 32.9 Å². The van der Waals surface area contributed by atoms with Crippen molar-refractivity contribution in [1.29, 1.82) is 0 Å². The van der Waals surface area contributed by atoms with Crippen LogP contribution in [0.3, 0.4) is 0 Å². The third-order valence-electron chi connectivity index (χ3n) is 2.38. The van der Waals surface area contributed by atoms with Crippen molar-refractivity contribution in [2.75, 3.05) is 5.75 Å². The van der Waals surface area contributed by atoms with Crippen molar-refractivity contribution < 1.29 is 18.0 Å². The maximum absolute atomic E-state index is 12.5. The number of carbonyl (C=O) groups excluding carboxylic acids is 1. The number of H-pyrrole nitrogens is 1. The maximum Gasteiger partial charge on any atom is 0.431 e. The first kappa shape index (κ1) is 10.6. The first-order valence-corrected chi connectivity index (χ1v) is 5.53. The molecule has 15 heavy (non-hydrogen) atoms. The summed E-state index contributed by atoms with van der Waals surface area (Å²) < 4.78 is 37.6. The van der Waals surface area contributed by atoms with Gasteiger partial charge in [-0.2, -0.15) is 24.9 Å². The van der Waals surface area contributed by atoms with E-state index in [1.807, 2.05) is 0 Å². The Balaban J connectivity index is 2.56. The van der Waals surface area contributed by atoms with Crippen LogP contribution >= 0.6 is 11.8 Å². The van der Waals surface area contributed by atoms with E-state index < -0.39 is 11.9 Å². The Hall–Kier alpha value is -0.910.